The fourth-order valence-electron chi connectivity index (χ4n) is 3.75. The Morgan fingerprint density at radius 3 is 2.40 bits per heavy atom. The summed E-state index contributed by atoms with van der Waals surface area (Å²) in [6.07, 6.45) is -0.188. The second kappa shape index (κ2) is 13.1. The van der Waals surface area contributed by atoms with Crippen molar-refractivity contribution in [2.45, 2.75) is 25.6 Å². The van der Waals surface area contributed by atoms with Gasteiger partial charge in [-0.25, -0.2) is 14.0 Å². The second-order valence-electron chi connectivity index (χ2n) is 8.68. The molecule has 1 aromatic heterocycles. The predicted molar refractivity (Wildman–Crippen MR) is 141 cm³/mol. The van der Waals surface area contributed by atoms with Crippen LogP contribution in [-0.2, 0) is 16.1 Å². The van der Waals surface area contributed by atoms with Gasteiger partial charge in [0.15, 0.2) is 6.04 Å². The van der Waals surface area contributed by atoms with Crippen molar-refractivity contribution in [3.8, 4) is 17.0 Å². The molecule has 0 aliphatic heterocycles. The summed E-state index contributed by atoms with van der Waals surface area (Å²) in [7, 11) is 0. The zero-order valence-corrected chi connectivity index (χ0v) is 21.4. The van der Waals surface area contributed by atoms with Crippen LogP contribution in [0, 0.1) is 5.82 Å². The molecule has 0 radical (unpaired) electrons. The number of aliphatic carboxylic acids is 1. The second-order valence-corrected chi connectivity index (χ2v) is 8.68. The number of carbonyl (C=O) groups excluding carboxylic acids is 2. The summed E-state index contributed by atoms with van der Waals surface area (Å²) in [4.78, 5) is 36.6. The molecule has 0 spiro atoms. The number of hydrogen-bond donors (Lipinski definition) is 3. The summed E-state index contributed by atoms with van der Waals surface area (Å²) in [6, 6.07) is 19.7. The Morgan fingerprint density at radius 1 is 1.00 bits per heavy atom. The summed E-state index contributed by atoms with van der Waals surface area (Å²) in [6.45, 7) is 1.33. The van der Waals surface area contributed by atoms with Gasteiger partial charge in [0.1, 0.15) is 36.2 Å². The molecule has 0 aliphatic carbocycles. The first kappa shape index (κ1) is 27.8. The Kier molecular flexibility index (Phi) is 9.08. The third-order valence-electron chi connectivity index (χ3n) is 5.88. The van der Waals surface area contributed by atoms with E-state index in [-0.39, 0.29) is 24.3 Å². The number of halogens is 1. The van der Waals surface area contributed by atoms with E-state index in [2.05, 4.69) is 15.8 Å². The topological polar surface area (TPSA) is 140 Å². The van der Waals surface area contributed by atoms with Crippen molar-refractivity contribution in [3.05, 3.63) is 108 Å². The lowest BCUT2D eigenvalue weighted by Crippen LogP contribution is -2.44. The van der Waals surface area contributed by atoms with E-state index in [0.717, 1.165) is 0 Å². The molecule has 11 heteroatoms. The fraction of sp³-hybridized carbons (Fsp3) is 0.172. The number of alkyl carbamates (subject to hydrolysis) is 1. The van der Waals surface area contributed by atoms with Crippen LogP contribution in [0.1, 0.15) is 34.5 Å². The number of carboxylic acids is 1. The molecule has 3 N–H and O–H groups in total. The highest BCUT2D eigenvalue weighted by Gasteiger charge is 2.22. The average Bonchev–Trinajstić information content (AvgIpc) is 3.43. The molecule has 4 rings (SSSR count). The summed E-state index contributed by atoms with van der Waals surface area (Å²) >= 11 is 0. The van der Waals surface area contributed by atoms with Crippen LogP contribution in [0.5, 0.6) is 5.75 Å². The molecule has 2 unspecified atom stereocenters. The number of carboxylic acid groups (broad SMARTS) is 1. The zero-order chi connectivity index (χ0) is 28.5. The molecular formula is C29H26FN3O7. The SMILES string of the molecule is CC(OC(=O)NCc1conc1-c1ccc(C(=O)NC(COc2ccccc2)C(=O)O)cc1)c1ccccc1F. The van der Waals surface area contributed by atoms with Gasteiger partial charge in [-0.3, -0.25) is 4.79 Å². The molecule has 206 valence electrons. The van der Waals surface area contributed by atoms with E-state index in [9.17, 15) is 23.9 Å². The molecular weight excluding hydrogens is 521 g/mol. The van der Waals surface area contributed by atoms with Gasteiger partial charge in [0.05, 0.1) is 6.54 Å². The number of rotatable bonds is 11. The lowest BCUT2D eigenvalue weighted by molar-refractivity contribution is -0.140. The van der Waals surface area contributed by atoms with Crippen molar-refractivity contribution in [1.82, 2.24) is 15.8 Å². The van der Waals surface area contributed by atoms with Gasteiger partial charge < -0.3 is 29.7 Å². The molecule has 0 saturated carbocycles. The average molecular weight is 548 g/mol. The van der Waals surface area contributed by atoms with E-state index in [0.29, 0.717) is 22.6 Å². The minimum atomic E-state index is -1.26. The highest BCUT2D eigenvalue weighted by atomic mass is 19.1. The fourth-order valence-corrected chi connectivity index (χ4v) is 3.75. The molecule has 0 saturated heterocycles. The highest BCUT2D eigenvalue weighted by molar-refractivity contribution is 5.97. The van der Waals surface area contributed by atoms with E-state index in [4.69, 9.17) is 14.0 Å². The third kappa shape index (κ3) is 7.22. The Labute approximate surface area is 228 Å². The minimum absolute atomic E-state index is 0.0194. The maximum atomic E-state index is 13.9. The number of nitrogens with one attached hydrogen (secondary N) is 2. The Balaban J connectivity index is 1.33. The lowest BCUT2D eigenvalue weighted by Gasteiger charge is -2.16. The van der Waals surface area contributed by atoms with Gasteiger partial charge in [0.25, 0.3) is 5.91 Å². The van der Waals surface area contributed by atoms with Crippen molar-refractivity contribution >= 4 is 18.0 Å². The molecule has 2 atom stereocenters. The summed E-state index contributed by atoms with van der Waals surface area (Å²) in [5.41, 5.74) is 2.04. The van der Waals surface area contributed by atoms with Crippen molar-refractivity contribution in [2.24, 2.45) is 0 Å². The Bertz CT molecular complexity index is 1460. The van der Waals surface area contributed by atoms with Crippen LogP contribution in [0.4, 0.5) is 9.18 Å². The van der Waals surface area contributed by atoms with E-state index >= 15 is 0 Å². The number of benzene rings is 3. The maximum Gasteiger partial charge on any atom is 0.408 e. The van der Waals surface area contributed by atoms with Crippen LogP contribution in [0.15, 0.2) is 89.6 Å². The Hall–Kier alpha value is -5.19. The minimum Gasteiger partial charge on any atom is -0.491 e. The molecule has 4 aromatic rings. The van der Waals surface area contributed by atoms with Gasteiger partial charge in [-0.1, -0.05) is 53.7 Å². The van der Waals surface area contributed by atoms with Crippen molar-refractivity contribution in [1.29, 1.82) is 0 Å². The van der Waals surface area contributed by atoms with Crippen molar-refractivity contribution in [2.75, 3.05) is 6.61 Å². The largest absolute Gasteiger partial charge is 0.491 e. The van der Waals surface area contributed by atoms with Gasteiger partial charge in [0, 0.05) is 22.3 Å². The smallest absolute Gasteiger partial charge is 0.408 e. The van der Waals surface area contributed by atoms with Crippen LogP contribution in [0.2, 0.25) is 0 Å². The Morgan fingerprint density at radius 2 is 1.70 bits per heavy atom. The number of ether oxygens (including phenoxy) is 2. The number of carbonyl (C=O) groups is 3. The van der Waals surface area contributed by atoms with E-state index in [1.54, 1.807) is 61.5 Å². The van der Waals surface area contributed by atoms with E-state index in [1.807, 2.05) is 0 Å². The molecule has 0 aliphatic rings. The zero-order valence-electron chi connectivity index (χ0n) is 21.4. The van der Waals surface area contributed by atoms with Crippen LogP contribution in [0.25, 0.3) is 11.3 Å². The maximum absolute atomic E-state index is 13.9. The van der Waals surface area contributed by atoms with Crippen molar-refractivity contribution in [3.63, 3.8) is 0 Å². The first-order valence-electron chi connectivity index (χ1n) is 12.3. The first-order chi connectivity index (χ1) is 19.3. The number of para-hydroxylation sites is 1. The third-order valence-corrected chi connectivity index (χ3v) is 5.88. The van der Waals surface area contributed by atoms with Crippen molar-refractivity contribution < 1.29 is 37.9 Å². The first-order valence-corrected chi connectivity index (χ1v) is 12.3. The molecule has 3 aromatic carbocycles. The van der Waals surface area contributed by atoms with Gasteiger partial charge in [-0.2, -0.15) is 0 Å². The van der Waals surface area contributed by atoms with Gasteiger partial charge >= 0.3 is 12.1 Å². The molecule has 2 amide bonds. The number of hydrogen-bond acceptors (Lipinski definition) is 7. The monoisotopic (exact) mass is 547 g/mol. The van der Waals surface area contributed by atoms with Crippen LogP contribution < -0.4 is 15.4 Å². The highest BCUT2D eigenvalue weighted by Crippen LogP contribution is 2.23. The summed E-state index contributed by atoms with van der Waals surface area (Å²) < 4.78 is 29.7. The van der Waals surface area contributed by atoms with Gasteiger partial charge in [-0.05, 0) is 37.3 Å². The molecule has 0 bridgehead atoms. The normalized spacial score (nSPS) is 12.2. The standard InChI is InChI=1S/C29H26FN3O7/c1-18(23-9-5-6-10-24(23)30)40-29(37)31-15-21-16-39-33-26(21)19-11-13-20(14-12-19)27(34)32-25(28(35)36)17-38-22-7-3-2-4-8-22/h2-14,16,18,25H,15,17H2,1H3,(H,31,37)(H,32,34)(H,35,36). The summed E-state index contributed by atoms with van der Waals surface area (Å²) in [5.74, 6) is -1.81. The predicted octanol–water partition coefficient (Wildman–Crippen LogP) is 4.73. The van der Waals surface area contributed by atoms with Gasteiger partial charge in [0.2, 0.25) is 0 Å². The van der Waals surface area contributed by atoms with E-state index in [1.165, 1.54) is 30.5 Å². The van der Waals surface area contributed by atoms with Crippen LogP contribution >= 0.6 is 0 Å². The van der Waals surface area contributed by atoms with Gasteiger partial charge in [-0.15, -0.1) is 0 Å². The van der Waals surface area contributed by atoms with Crippen LogP contribution in [0.3, 0.4) is 0 Å². The summed E-state index contributed by atoms with van der Waals surface area (Å²) in [5, 5.41) is 18.5. The van der Waals surface area contributed by atoms with Crippen LogP contribution in [-0.4, -0.2) is 40.9 Å². The quantitative estimate of drug-likeness (QED) is 0.245. The number of amides is 2. The lowest BCUT2D eigenvalue weighted by atomic mass is 10.1. The molecule has 40 heavy (non-hydrogen) atoms. The molecule has 0 fully saturated rings. The number of aromatic nitrogens is 1. The molecule has 1 heterocycles. The number of nitrogens with zero attached hydrogens (tertiary/aromatic N) is 1. The van der Waals surface area contributed by atoms with E-state index < -0.39 is 35.9 Å². The molecule has 10 nitrogen and oxygen atoms in total.